The van der Waals surface area contributed by atoms with Gasteiger partial charge in [0.15, 0.2) is 0 Å². The summed E-state index contributed by atoms with van der Waals surface area (Å²) in [5.41, 5.74) is 0.808. The summed E-state index contributed by atoms with van der Waals surface area (Å²) >= 11 is 0. The van der Waals surface area contributed by atoms with E-state index >= 15 is 0 Å². The first-order valence-corrected chi connectivity index (χ1v) is 12.1. The lowest BCUT2D eigenvalue weighted by atomic mass is 9.96. The molecule has 1 aliphatic carbocycles. The van der Waals surface area contributed by atoms with Crippen LogP contribution in [-0.4, -0.2) is 59.9 Å². The molecule has 0 radical (unpaired) electrons. The van der Waals surface area contributed by atoms with Gasteiger partial charge in [0.25, 0.3) is 0 Å². The number of piperidine rings is 1. The van der Waals surface area contributed by atoms with Gasteiger partial charge in [-0.2, -0.15) is 0 Å². The Morgan fingerprint density at radius 1 is 0.903 bits per heavy atom. The average molecular weight is 430 g/mol. The molecule has 170 valence electrons. The van der Waals surface area contributed by atoms with Crippen molar-refractivity contribution in [2.75, 3.05) is 26.2 Å². The van der Waals surface area contributed by atoms with Crippen molar-refractivity contribution in [3.8, 4) is 0 Å². The number of hydrogen-bond donors (Lipinski definition) is 1. The second-order valence-electron chi connectivity index (χ2n) is 9.62. The van der Waals surface area contributed by atoms with E-state index < -0.39 is 0 Å². The van der Waals surface area contributed by atoms with E-state index in [9.17, 15) is 14.0 Å². The van der Waals surface area contributed by atoms with Crippen LogP contribution in [0.1, 0.15) is 63.4 Å². The number of nitrogens with zero attached hydrogens (tertiary/aromatic N) is 2. The minimum absolute atomic E-state index is 0.0181. The maximum Gasteiger partial charge on any atom is 0.227 e. The maximum atomic E-state index is 13.1. The van der Waals surface area contributed by atoms with Crippen LogP contribution in [0.15, 0.2) is 24.3 Å². The van der Waals surface area contributed by atoms with Crippen LogP contribution >= 0.6 is 0 Å². The molecule has 0 spiro atoms. The number of likely N-dealkylation sites (tertiary alicyclic amines) is 2. The summed E-state index contributed by atoms with van der Waals surface area (Å²) in [6.45, 7) is 3.24. The molecule has 2 amide bonds. The molecule has 3 fully saturated rings. The number of nitrogens with one attached hydrogen (secondary N) is 1. The molecule has 4 rings (SSSR count). The minimum atomic E-state index is -0.296. The summed E-state index contributed by atoms with van der Waals surface area (Å²) in [5.74, 6) is -0.301. The van der Waals surface area contributed by atoms with Gasteiger partial charge in [0.1, 0.15) is 5.82 Å². The molecule has 0 bridgehead atoms. The van der Waals surface area contributed by atoms with Gasteiger partial charge >= 0.3 is 0 Å². The lowest BCUT2D eigenvalue weighted by Crippen LogP contribution is -2.48. The van der Waals surface area contributed by atoms with Crippen molar-refractivity contribution in [3.05, 3.63) is 35.6 Å². The maximum absolute atomic E-state index is 13.1. The second-order valence-corrected chi connectivity index (χ2v) is 9.62. The third-order valence-electron chi connectivity index (χ3n) is 7.32. The van der Waals surface area contributed by atoms with Crippen molar-refractivity contribution in [2.45, 2.75) is 76.3 Å². The number of halogens is 1. The highest BCUT2D eigenvalue weighted by molar-refractivity contribution is 5.82. The predicted molar refractivity (Wildman–Crippen MR) is 119 cm³/mol. The zero-order valence-corrected chi connectivity index (χ0v) is 18.5. The number of rotatable bonds is 5. The number of amides is 2. The van der Waals surface area contributed by atoms with Crippen molar-refractivity contribution in [1.82, 2.24) is 15.1 Å². The standard InChI is InChI=1S/C25H36FN3O2/c26-21-11-9-19(10-12-21)16-24(30)29-14-5-6-20(17-29)25(31)27-22-13-15-28(18-22)23-7-3-1-2-4-8-23/h9-12,20,22-23H,1-8,13-18H2,(H,27,31). The van der Waals surface area contributed by atoms with Gasteiger partial charge in [-0.15, -0.1) is 0 Å². The molecule has 2 aliphatic heterocycles. The summed E-state index contributed by atoms with van der Waals surface area (Å²) < 4.78 is 13.1. The van der Waals surface area contributed by atoms with E-state index in [-0.39, 0.29) is 36.0 Å². The highest BCUT2D eigenvalue weighted by Gasteiger charge is 2.33. The van der Waals surface area contributed by atoms with Gasteiger partial charge < -0.3 is 10.2 Å². The third-order valence-corrected chi connectivity index (χ3v) is 7.32. The topological polar surface area (TPSA) is 52.7 Å². The molecule has 2 saturated heterocycles. The number of benzene rings is 1. The Morgan fingerprint density at radius 2 is 1.65 bits per heavy atom. The van der Waals surface area contributed by atoms with Gasteiger partial charge in [-0.1, -0.05) is 37.8 Å². The highest BCUT2D eigenvalue weighted by Crippen LogP contribution is 2.25. The summed E-state index contributed by atoms with van der Waals surface area (Å²) in [6, 6.07) is 7.01. The van der Waals surface area contributed by atoms with Crippen LogP contribution < -0.4 is 5.32 Å². The molecule has 1 N–H and O–H groups in total. The van der Waals surface area contributed by atoms with E-state index in [1.54, 1.807) is 12.1 Å². The van der Waals surface area contributed by atoms with Crippen LogP contribution in [0.25, 0.3) is 0 Å². The smallest absolute Gasteiger partial charge is 0.227 e. The molecule has 31 heavy (non-hydrogen) atoms. The monoisotopic (exact) mass is 429 g/mol. The van der Waals surface area contributed by atoms with Crippen molar-refractivity contribution in [3.63, 3.8) is 0 Å². The van der Waals surface area contributed by atoms with Crippen molar-refractivity contribution in [2.24, 2.45) is 5.92 Å². The Labute approximate surface area is 185 Å². The van der Waals surface area contributed by atoms with Crippen LogP contribution in [0.5, 0.6) is 0 Å². The summed E-state index contributed by atoms with van der Waals surface area (Å²) in [7, 11) is 0. The quantitative estimate of drug-likeness (QED) is 0.729. The van der Waals surface area contributed by atoms with Crippen LogP contribution in [0.2, 0.25) is 0 Å². The lowest BCUT2D eigenvalue weighted by molar-refractivity contribution is -0.135. The summed E-state index contributed by atoms with van der Waals surface area (Å²) in [6.07, 6.45) is 11.0. The van der Waals surface area contributed by atoms with Crippen molar-refractivity contribution in [1.29, 1.82) is 0 Å². The van der Waals surface area contributed by atoms with Crippen molar-refractivity contribution < 1.29 is 14.0 Å². The van der Waals surface area contributed by atoms with Crippen LogP contribution in [0, 0.1) is 11.7 Å². The summed E-state index contributed by atoms with van der Waals surface area (Å²) in [5, 5.41) is 3.29. The average Bonchev–Trinajstić information content (AvgIpc) is 3.07. The third kappa shape index (κ3) is 6.06. The molecule has 2 unspecified atom stereocenters. The first-order chi connectivity index (χ1) is 15.1. The second kappa shape index (κ2) is 10.6. The van der Waals surface area contributed by atoms with E-state index in [0.717, 1.165) is 37.9 Å². The van der Waals surface area contributed by atoms with Gasteiger partial charge in [-0.25, -0.2) is 4.39 Å². The lowest BCUT2D eigenvalue weighted by Gasteiger charge is -2.33. The molecular weight excluding hydrogens is 393 g/mol. The summed E-state index contributed by atoms with van der Waals surface area (Å²) in [4.78, 5) is 30.1. The van der Waals surface area contributed by atoms with Gasteiger partial charge in [0.05, 0.1) is 12.3 Å². The minimum Gasteiger partial charge on any atom is -0.352 e. The fourth-order valence-electron chi connectivity index (χ4n) is 5.49. The fraction of sp³-hybridized carbons (Fsp3) is 0.680. The molecule has 1 aromatic rings. The molecule has 1 saturated carbocycles. The normalized spacial score (nSPS) is 25.9. The highest BCUT2D eigenvalue weighted by atomic mass is 19.1. The largest absolute Gasteiger partial charge is 0.352 e. The van der Waals surface area contributed by atoms with E-state index in [1.807, 2.05) is 4.90 Å². The Hall–Kier alpha value is -1.95. The van der Waals surface area contributed by atoms with Crippen LogP contribution in [0.3, 0.4) is 0 Å². The SMILES string of the molecule is O=C(NC1CCN(C2CCCCCC2)C1)C1CCCN(C(=O)Cc2ccc(F)cc2)C1. The first-order valence-electron chi connectivity index (χ1n) is 12.1. The Morgan fingerprint density at radius 3 is 2.39 bits per heavy atom. The van der Waals surface area contributed by atoms with E-state index in [0.29, 0.717) is 19.1 Å². The van der Waals surface area contributed by atoms with Crippen LogP contribution in [0.4, 0.5) is 4.39 Å². The molecule has 6 heteroatoms. The van der Waals surface area contributed by atoms with Gasteiger partial charge in [-0.3, -0.25) is 14.5 Å². The Balaban J connectivity index is 1.25. The van der Waals surface area contributed by atoms with E-state index in [2.05, 4.69) is 10.2 Å². The zero-order valence-electron chi connectivity index (χ0n) is 18.5. The zero-order chi connectivity index (χ0) is 21.6. The molecule has 2 atom stereocenters. The molecule has 3 aliphatic rings. The van der Waals surface area contributed by atoms with Gasteiger partial charge in [-0.05, 0) is 49.8 Å². The van der Waals surface area contributed by atoms with Gasteiger partial charge in [0.2, 0.25) is 11.8 Å². The first kappa shape index (κ1) is 22.3. The number of carbonyl (C=O) groups excluding carboxylic acids is 2. The predicted octanol–water partition coefficient (Wildman–Crippen LogP) is 3.52. The van der Waals surface area contributed by atoms with Gasteiger partial charge in [0, 0.05) is 38.3 Å². The molecule has 5 nitrogen and oxygen atoms in total. The van der Waals surface area contributed by atoms with Crippen LogP contribution in [-0.2, 0) is 16.0 Å². The fourth-order valence-corrected chi connectivity index (χ4v) is 5.49. The number of carbonyl (C=O) groups is 2. The van der Waals surface area contributed by atoms with E-state index in [1.165, 1.54) is 50.7 Å². The molecule has 2 heterocycles. The van der Waals surface area contributed by atoms with E-state index in [4.69, 9.17) is 0 Å². The number of hydrogen-bond acceptors (Lipinski definition) is 3. The Kier molecular flexibility index (Phi) is 7.59. The molecule has 1 aromatic carbocycles. The molecular formula is C25H36FN3O2. The van der Waals surface area contributed by atoms with Crippen molar-refractivity contribution >= 4 is 11.8 Å². The Bertz CT molecular complexity index is 746. The molecule has 0 aromatic heterocycles.